The Hall–Kier alpha value is -3.00. The zero-order valence-corrected chi connectivity index (χ0v) is 16.6. The number of hydrogen-bond donors (Lipinski definition) is 3. The Bertz CT molecular complexity index is 934. The predicted octanol–water partition coefficient (Wildman–Crippen LogP) is 2.59. The number of fused-ring (bicyclic) bond motifs is 4. The second-order valence-corrected chi connectivity index (χ2v) is 7.27. The molecule has 2 aliphatic heterocycles. The first-order chi connectivity index (χ1) is 13.4. The number of rotatable bonds is 4. The van der Waals surface area contributed by atoms with E-state index in [0.717, 1.165) is 11.3 Å². The summed E-state index contributed by atoms with van der Waals surface area (Å²) in [5.74, 6) is 1.18. The van der Waals surface area contributed by atoms with Gasteiger partial charge in [-0.3, -0.25) is 4.79 Å². The van der Waals surface area contributed by atoms with Gasteiger partial charge in [0.2, 0.25) is 5.91 Å². The molecule has 1 fully saturated rings. The highest BCUT2D eigenvalue weighted by molar-refractivity contribution is 7.80. The third-order valence-corrected chi connectivity index (χ3v) is 5.31. The molecule has 1 saturated heterocycles. The molecule has 2 bridgehead atoms. The zero-order chi connectivity index (χ0) is 19.9. The van der Waals surface area contributed by atoms with E-state index < -0.39 is 11.6 Å². The molecular weight excluding hydrogens is 378 g/mol. The lowest BCUT2D eigenvalue weighted by Gasteiger charge is -2.50. The smallest absolute Gasteiger partial charge is 0.236 e. The van der Waals surface area contributed by atoms with Crippen LogP contribution in [0.25, 0.3) is 0 Å². The van der Waals surface area contributed by atoms with E-state index in [9.17, 15) is 4.79 Å². The summed E-state index contributed by atoms with van der Waals surface area (Å²) in [5.41, 5.74) is 0.479. The summed E-state index contributed by atoms with van der Waals surface area (Å²) in [6.45, 7) is 1.82. The topological polar surface area (TPSA) is 80.9 Å². The number of anilines is 1. The van der Waals surface area contributed by atoms with Crippen molar-refractivity contribution in [3.05, 3.63) is 48.0 Å². The monoisotopic (exact) mass is 399 g/mol. The van der Waals surface area contributed by atoms with Crippen molar-refractivity contribution >= 4 is 28.9 Å². The number of amides is 1. The maximum atomic E-state index is 13.2. The second kappa shape index (κ2) is 6.87. The Morgan fingerprint density at radius 3 is 2.61 bits per heavy atom. The van der Waals surface area contributed by atoms with E-state index in [-0.39, 0.29) is 11.9 Å². The molecule has 2 heterocycles. The molecule has 28 heavy (non-hydrogen) atoms. The summed E-state index contributed by atoms with van der Waals surface area (Å²) in [4.78, 5) is 13.2. The quantitative estimate of drug-likeness (QED) is 0.682. The molecule has 4 rings (SSSR count). The van der Waals surface area contributed by atoms with E-state index in [0.29, 0.717) is 22.3 Å². The van der Waals surface area contributed by atoms with E-state index in [1.54, 1.807) is 38.5 Å². The van der Waals surface area contributed by atoms with E-state index in [4.69, 9.17) is 26.4 Å². The number of carbonyl (C=O) groups is 1. The average Bonchev–Trinajstić information content (AvgIpc) is 2.67. The number of benzene rings is 2. The number of carbonyl (C=O) groups excluding carboxylic acids is 1. The van der Waals surface area contributed by atoms with Crippen LogP contribution in [0.2, 0.25) is 0 Å². The number of hydrogen-bond acceptors (Lipinski definition) is 5. The van der Waals surface area contributed by atoms with Gasteiger partial charge in [0.15, 0.2) is 22.3 Å². The number of thiocarbonyl (C=S) groups is 1. The van der Waals surface area contributed by atoms with Crippen molar-refractivity contribution < 1.29 is 19.0 Å². The minimum atomic E-state index is -1.02. The summed E-state index contributed by atoms with van der Waals surface area (Å²) < 4.78 is 16.8. The lowest BCUT2D eigenvalue weighted by Crippen LogP contribution is -2.70. The highest BCUT2D eigenvalue weighted by Gasteiger charge is 2.55. The zero-order valence-electron chi connectivity index (χ0n) is 15.7. The molecule has 2 aromatic rings. The lowest BCUT2D eigenvalue weighted by atomic mass is 9.79. The van der Waals surface area contributed by atoms with E-state index in [1.165, 1.54) is 0 Å². The van der Waals surface area contributed by atoms with Crippen molar-refractivity contribution in [1.82, 2.24) is 10.6 Å². The van der Waals surface area contributed by atoms with E-state index >= 15 is 0 Å². The molecule has 146 valence electrons. The normalized spacial score (nSPS) is 24.8. The summed E-state index contributed by atoms with van der Waals surface area (Å²) in [6.07, 6.45) is 0. The van der Waals surface area contributed by atoms with Crippen molar-refractivity contribution in [3.63, 3.8) is 0 Å². The SMILES string of the molecule is COc1ccc(NC(=O)[C@H]2[C@@H]3NC(=S)N[C@@]2(C)Oc2c(OC)cccc23)cc1. The largest absolute Gasteiger partial charge is 0.497 e. The van der Waals surface area contributed by atoms with Gasteiger partial charge in [0.1, 0.15) is 11.7 Å². The van der Waals surface area contributed by atoms with Gasteiger partial charge in [-0.05, 0) is 49.5 Å². The van der Waals surface area contributed by atoms with Crippen LogP contribution in [0.15, 0.2) is 42.5 Å². The number of nitrogens with one attached hydrogen (secondary N) is 3. The second-order valence-electron chi connectivity index (χ2n) is 6.86. The van der Waals surface area contributed by atoms with Crippen molar-refractivity contribution in [2.45, 2.75) is 18.7 Å². The first kappa shape index (κ1) is 18.4. The molecule has 3 N–H and O–H groups in total. The Balaban J connectivity index is 1.69. The van der Waals surface area contributed by atoms with E-state index in [2.05, 4.69) is 16.0 Å². The summed E-state index contributed by atoms with van der Waals surface area (Å²) in [5, 5.41) is 9.73. The molecule has 0 saturated carbocycles. The van der Waals surface area contributed by atoms with Crippen molar-refractivity contribution in [1.29, 1.82) is 0 Å². The number of methoxy groups -OCH3 is 2. The van der Waals surface area contributed by atoms with Crippen LogP contribution in [0.5, 0.6) is 17.2 Å². The summed E-state index contributed by atoms with van der Waals surface area (Å²) in [6, 6.07) is 12.4. The minimum absolute atomic E-state index is 0.186. The molecule has 2 aliphatic rings. The molecule has 0 unspecified atom stereocenters. The van der Waals surface area contributed by atoms with Crippen LogP contribution in [0.1, 0.15) is 18.5 Å². The van der Waals surface area contributed by atoms with Gasteiger partial charge in [-0.25, -0.2) is 0 Å². The van der Waals surface area contributed by atoms with E-state index in [1.807, 2.05) is 25.1 Å². The standard InChI is InChI=1S/C20H21N3O4S/c1-20-15(18(24)21-11-7-9-12(25-2)10-8-11)16(22-19(28)23-20)13-5-4-6-14(26-3)17(13)27-20/h4-10,15-16H,1-3H3,(H,21,24)(H2,22,23,28)/t15-,16-,20+/m1/s1. The Morgan fingerprint density at radius 2 is 1.93 bits per heavy atom. The number of para-hydroxylation sites is 1. The van der Waals surface area contributed by atoms with Crippen LogP contribution in [0.3, 0.4) is 0 Å². The molecule has 1 amide bonds. The summed E-state index contributed by atoms with van der Waals surface area (Å²) >= 11 is 5.34. The molecule has 3 atom stereocenters. The Labute approximate surface area is 168 Å². The third-order valence-electron chi connectivity index (χ3n) is 5.09. The van der Waals surface area contributed by atoms with Crippen LogP contribution >= 0.6 is 12.2 Å². The fourth-order valence-corrected chi connectivity index (χ4v) is 4.11. The van der Waals surface area contributed by atoms with Gasteiger partial charge >= 0.3 is 0 Å². The van der Waals surface area contributed by atoms with Gasteiger partial charge in [0, 0.05) is 11.3 Å². The summed E-state index contributed by atoms with van der Waals surface area (Å²) in [7, 11) is 3.19. The fraction of sp³-hybridized carbons (Fsp3) is 0.300. The van der Waals surface area contributed by atoms with Crippen LogP contribution < -0.4 is 30.2 Å². The van der Waals surface area contributed by atoms with Crippen LogP contribution in [0, 0.1) is 5.92 Å². The molecule has 2 aromatic carbocycles. The van der Waals surface area contributed by atoms with Gasteiger partial charge in [-0.1, -0.05) is 12.1 Å². The molecule has 0 aromatic heterocycles. The average molecular weight is 399 g/mol. The predicted molar refractivity (Wildman–Crippen MR) is 109 cm³/mol. The van der Waals surface area contributed by atoms with Crippen molar-refractivity contribution in [2.75, 3.05) is 19.5 Å². The van der Waals surface area contributed by atoms with Crippen LogP contribution in [-0.2, 0) is 4.79 Å². The first-order valence-electron chi connectivity index (χ1n) is 8.84. The Kier molecular flexibility index (Phi) is 4.50. The van der Waals surface area contributed by atoms with Crippen molar-refractivity contribution in [2.24, 2.45) is 5.92 Å². The van der Waals surface area contributed by atoms with Gasteiger partial charge in [0.25, 0.3) is 0 Å². The molecular formula is C20H21N3O4S. The van der Waals surface area contributed by atoms with Gasteiger partial charge in [-0.2, -0.15) is 0 Å². The highest BCUT2D eigenvalue weighted by Crippen LogP contribution is 2.48. The molecule has 0 spiro atoms. The van der Waals surface area contributed by atoms with Crippen LogP contribution in [-0.4, -0.2) is 31.0 Å². The van der Waals surface area contributed by atoms with Gasteiger partial charge < -0.3 is 30.2 Å². The fourth-order valence-electron chi connectivity index (χ4n) is 3.78. The maximum absolute atomic E-state index is 13.2. The molecule has 0 radical (unpaired) electrons. The maximum Gasteiger partial charge on any atom is 0.236 e. The highest BCUT2D eigenvalue weighted by atomic mass is 32.1. The minimum Gasteiger partial charge on any atom is -0.497 e. The lowest BCUT2D eigenvalue weighted by molar-refractivity contribution is -0.132. The van der Waals surface area contributed by atoms with Crippen LogP contribution in [0.4, 0.5) is 5.69 Å². The Morgan fingerprint density at radius 1 is 1.18 bits per heavy atom. The van der Waals surface area contributed by atoms with Gasteiger partial charge in [-0.15, -0.1) is 0 Å². The van der Waals surface area contributed by atoms with Gasteiger partial charge in [0.05, 0.1) is 20.3 Å². The molecule has 0 aliphatic carbocycles. The number of ether oxygens (including phenoxy) is 3. The third kappa shape index (κ3) is 2.99. The van der Waals surface area contributed by atoms with Crippen molar-refractivity contribution in [3.8, 4) is 17.2 Å². The molecule has 7 nitrogen and oxygen atoms in total. The first-order valence-corrected chi connectivity index (χ1v) is 9.25. The molecule has 8 heteroatoms.